The number of allylic oxidation sites excluding steroid dienone is 3. The molecule has 4 aromatic rings. The number of nitrogens with two attached hydrogens (primary N) is 1. The normalized spacial score (nSPS) is 21.6. The first-order valence-electron chi connectivity index (χ1n) is 37.1. The van der Waals surface area contributed by atoms with Crippen LogP contribution >= 0.6 is 11.6 Å². The lowest BCUT2D eigenvalue weighted by molar-refractivity contribution is -0.158. The number of carboxylic acid groups (broad SMARTS) is 1. The van der Waals surface area contributed by atoms with Crippen molar-refractivity contribution in [1.29, 1.82) is 0 Å². The number of amides is 10. The van der Waals surface area contributed by atoms with Gasteiger partial charge in [-0.25, -0.2) is 24.2 Å². The number of methoxy groups -OCH3 is 2. The number of nitrogens with zero attached hydrogens (tertiary/aromatic N) is 4. The summed E-state index contributed by atoms with van der Waals surface area (Å²) in [4.78, 5) is 148. The van der Waals surface area contributed by atoms with Crippen molar-refractivity contribution in [3.05, 3.63) is 112 Å². The number of halogens is 1. The zero-order valence-electron chi connectivity index (χ0n) is 65.5. The van der Waals surface area contributed by atoms with Crippen molar-refractivity contribution in [2.75, 3.05) is 92.1 Å². The lowest BCUT2D eigenvalue weighted by atomic mass is 9.83. The van der Waals surface area contributed by atoms with Crippen LogP contribution in [0, 0.1) is 11.8 Å². The second-order valence-electron chi connectivity index (χ2n) is 28.5. The summed E-state index contributed by atoms with van der Waals surface area (Å²) in [5.74, 6) is -6.24. The van der Waals surface area contributed by atoms with Crippen molar-refractivity contribution >= 4 is 99.5 Å². The molecule has 4 bridgehead atoms. The molecule has 0 radical (unpaired) electrons. The molecule has 0 spiro atoms. The van der Waals surface area contributed by atoms with E-state index in [2.05, 4.69) is 48.7 Å². The lowest BCUT2D eigenvalue weighted by Gasteiger charge is -2.42. The molecule has 12 N–H and O–H groups in total. The number of para-hydroxylation sites is 1. The Bertz CT molecular complexity index is 4030. The second-order valence-corrected chi connectivity index (χ2v) is 28.9. The number of epoxide rings is 1. The number of fused-ring (bicyclic) bond motifs is 6. The summed E-state index contributed by atoms with van der Waals surface area (Å²) in [6.45, 7) is 10.9. The minimum Gasteiger partial charge on any atom is -0.495 e. The minimum absolute atomic E-state index is 0.0294. The number of carboxylic acids is 1. The van der Waals surface area contributed by atoms with E-state index in [0.717, 1.165) is 32.6 Å². The molecule has 2 fully saturated rings. The summed E-state index contributed by atoms with van der Waals surface area (Å²) < 4.78 is 48.4. The molecule has 112 heavy (non-hydrogen) atoms. The number of urea groups is 1. The number of alkyl carbamates (subject to hydrolysis) is 1. The topological polar surface area (TPSA) is 442 Å². The van der Waals surface area contributed by atoms with E-state index < -0.39 is 144 Å². The van der Waals surface area contributed by atoms with Crippen LogP contribution in [0.25, 0.3) is 10.9 Å². The Labute approximate surface area is 656 Å². The van der Waals surface area contributed by atoms with E-state index in [4.69, 9.17) is 55.2 Å². The first kappa shape index (κ1) is 89.3. The van der Waals surface area contributed by atoms with Gasteiger partial charge in [0.1, 0.15) is 65.5 Å². The van der Waals surface area contributed by atoms with E-state index in [-0.39, 0.29) is 102 Å². The zero-order valence-corrected chi connectivity index (χ0v) is 66.2. The molecule has 0 aliphatic carbocycles. The fraction of sp³-hybridized carbons (Fsp3) is 0.545. The highest BCUT2D eigenvalue weighted by Gasteiger charge is 2.64. The third-order valence-corrected chi connectivity index (χ3v) is 20.2. The molecular formula is C77H108ClN13O21. The van der Waals surface area contributed by atoms with E-state index in [1.54, 1.807) is 71.2 Å². The van der Waals surface area contributed by atoms with E-state index in [1.165, 1.54) is 52.3 Å². The Morgan fingerprint density at radius 2 is 1.54 bits per heavy atom. The number of hydrogen-bond donors (Lipinski definition) is 11. The predicted octanol–water partition coefficient (Wildman–Crippen LogP) is 4.84. The molecule has 4 heterocycles. The third kappa shape index (κ3) is 25.5. The van der Waals surface area contributed by atoms with Crippen molar-refractivity contribution in [3.63, 3.8) is 0 Å². The number of aliphatic carboxylic acids is 1. The van der Waals surface area contributed by atoms with Gasteiger partial charge in [-0.1, -0.05) is 86.5 Å². The number of nitrogens with one attached hydrogen (secondary N) is 8. The van der Waals surface area contributed by atoms with Crippen molar-refractivity contribution in [1.82, 2.24) is 51.8 Å². The van der Waals surface area contributed by atoms with E-state index >= 15 is 0 Å². The van der Waals surface area contributed by atoms with Crippen LogP contribution < -0.4 is 58.0 Å². The summed E-state index contributed by atoms with van der Waals surface area (Å²) in [7, 11) is 9.38. The molecule has 3 aliphatic heterocycles. The van der Waals surface area contributed by atoms with E-state index in [9.17, 15) is 63.0 Å². The standard InChI is InChI=1S/C77H108ClN13O21/c1-45(2)67(86-63(93)29-33-107-35-36-108-34-31-81-69(97)55(26-27-65(95)96)84-62(92)28-32-91-53(43-88(8)80-7)40-51-18-13-14-20-56(51)91)71(99)85-54(19-16-30-82-73(79)101)70(98)83-52-24-22-49(23-25-52)44-109-75(103)89(9)48(5)72(100)111-61-41-64(94)90(10)57-38-50(39-58(105-11)66(57)78)37-46(3)17-15-21-60(106-12)77(104)42-59(110-74(102)87-77)47(4)68-76(61,6)112-68/h13-15,17-18,20-25,38-40,45,47-48,54-55,59-61,67-68,80,104H,16,19,26-37,41-44H2,1-12H3,(H,81,97)(H,83,98)(H,84,92)(H,85,99)(H,86,93)(H,87,102)(H,95,96)(H3,79,82,101)/b21-15+,46-17+/t47-,48+,54+,55+,59+,60-,61+,67+,68+,76+,77+/m1/s1. The summed E-state index contributed by atoms with van der Waals surface area (Å²) in [6, 6.07) is 14.0. The van der Waals surface area contributed by atoms with Crippen LogP contribution in [0.5, 0.6) is 5.75 Å². The number of rotatable bonds is 37. The van der Waals surface area contributed by atoms with Gasteiger partial charge in [0, 0.05) is 96.4 Å². The molecule has 7 rings (SSSR count). The molecule has 34 nitrogen and oxygen atoms in total. The maximum Gasteiger partial charge on any atom is 0.410 e. The highest BCUT2D eigenvalue weighted by Crippen LogP contribution is 2.49. The van der Waals surface area contributed by atoms with Gasteiger partial charge in [0.05, 0.1) is 58.3 Å². The number of likely N-dealkylation sites (N-methyl/N-ethyl adjacent to an activating group) is 1. The van der Waals surface area contributed by atoms with Crippen LogP contribution in [-0.2, 0) is 97.6 Å². The Kier molecular flexibility index (Phi) is 33.5. The van der Waals surface area contributed by atoms with Crippen molar-refractivity contribution in [2.24, 2.45) is 17.6 Å². The number of hydrazine groups is 1. The van der Waals surface area contributed by atoms with Crippen LogP contribution in [0.3, 0.4) is 0 Å². The summed E-state index contributed by atoms with van der Waals surface area (Å²) in [6.07, 6.45) is -1.39. The molecule has 0 saturated carbocycles. The zero-order chi connectivity index (χ0) is 82.1. The fourth-order valence-electron chi connectivity index (χ4n) is 13.0. The molecule has 3 aliphatic rings. The molecule has 35 heteroatoms. The molecule has 1 aromatic heterocycles. The van der Waals surface area contributed by atoms with Crippen LogP contribution in [-0.4, -0.2) is 232 Å². The molecule has 11 atom stereocenters. The van der Waals surface area contributed by atoms with Crippen LogP contribution in [0.4, 0.5) is 25.8 Å². The van der Waals surface area contributed by atoms with E-state index in [0.29, 0.717) is 36.5 Å². The minimum atomic E-state index is -1.93. The van der Waals surface area contributed by atoms with Gasteiger partial charge in [-0.3, -0.25) is 49.2 Å². The maximum atomic E-state index is 14.5. The summed E-state index contributed by atoms with van der Waals surface area (Å²) in [5, 5.41) is 42.9. The summed E-state index contributed by atoms with van der Waals surface area (Å²) in [5.41, 5.74) is 9.61. The number of carbonyl (C=O) groups is 11. The monoisotopic (exact) mass is 1590 g/mol. The molecule has 3 aromatic carbocycles. The van der Waals surface area contributed by atoms with Gasteiger partial charge in [-0.2, -0.15) is 0 Å². The highest BCUT2D eigenvalue weighted by molar-refractivity contribution is 6.35. The number of primary amides is 1. The lowest BCUT2D eigenvalue weighted by Crippen LogP contribution is -2.63. The Balaban J connectivity index is 0.879. The largest absolute Gasteiger partial charge is 0.495 e. The quantitative estimate of drug-likeness (QED) is 0.00946. The number of aliphatic hydroxyl groups is 1. The second kappa shape index (κ2) is 42.1. The highest BCUT2D eigenvalue weighted by atomic mass is 35.5. The number of ether oxygens (including phenoxy) is 8. The first-order valence-corrected chi connectivity index (χ1v) is 37.5. The molecule has 0 unspecified atom stereocenters. The average Bonchev–Trinajstić information content (AvgIpc) is 1.57. The Hall–Kier alpha value is -9.94. The maximum absolute atomic E-state index is 14.5. The SMILES string of the molecule is CNN(C)Cc1cc2ccccc2n1CCC(=O)N[C@@H](CCC(=O)O)C(=O)NCCOCCOCCC(=O)N[C@H](C(=O)N[C@@H](CCCNC(N)=O)C(=O)Nc1ccc(COC(=O)N(C)[C@@H](C)C(=O)O[C@H]2CC(=O)N(C)c3cc(cc(OC)c3Cl)C/C(C)=C/C=C/[C@@H](OC)[C@@]3(O)C[C@H](OC(=O)N3)[C@@H](C)[C@@H]3O[C@@]23C)cc1)C(C)C. The smallest absolute Gasteiger partial charge is 0.410 e. The van der Waals surface area contributed by atoms with Gasteiger partial charge in [-0.15, -0.1) is 0 Å². The van der Waals surface area contributed by atoms with Crippen molar-refractivity contribution < 1.29 is 101 Å². The summed E-state index contributed by atoms with van der Waals surface area (Å²) >= 11 is 6.86. The van der Waals surface area contributed by atoms with Gasteiger partial charge in [0.15, 0.2) is 5.72 Å². The number of aromatic nitrogens is 1. The van der Waals surface area contributed by atoms with Crippen LogP contribution in [0.1, 0.15) is 110 Å². The van der Waals surface area contributed by atoms with Gasteiger partial charge in [0.25, 0.3) is 0 Å². The van der Waals surface area contributed by atoms with Crippen LogP contribution in [0.2, 0.25) is 5.02 Å². The van der Waals surface area contributed by atoms with Gasteiger partial charge in [-0.05, 0) is 112 Å². The Morgan fingerprint density at radius 3 is 2.22 bits per heavy atom. The molecule has 614 valence electrons. The fourth-order valence-corrected chi connectivity index (χ4v) is 13.3. The van der Waals surface area contributed by atoms with Gasteiger partial charge < -0.3 is 95.2 Å². The number of esters is 1. The number of anilines is 2. The third-order valence-electron chi connectivity index (χ3n) is 19.8. The van der Waals surface area contributed by atoms with Gasteiger partial charge >= 0.3 is 30.2 Å². The number of aryl methyl sites for hydroxylation is 1. The molecule has 2 saturated heterocycles. The Morgan fingerprint density at radius 1 is 0.848 bits per heavy atom. The van der Waals surface area contributed by atoms with E-state index in [1.807, 2.05) is 53.9 Å². The average molecular weight is 1590 g/mol. The number of hydrogen-bond acceptors (Lipinski definition) is 22. The van der Waals surface area contributed by atoms with Crippen molar-refractivity contribution in [2.45, 2.75) is 179 Å². The van der Waals surface area contributed by atoms with Crippen LogP contribution in [0.15, 0.2) is 90.5 Å². The number of carbonyl (C=O) groups excluding carboxylic acids is 10. The van der Waals surface area contributed by atoms with Crippen molar-refractivity contribution in [3.8, 4) is 5.75 Å². The van der Waals surface area contributed by atoms with Gasteiger partial charge in [0.2, 0.25) is 35.4 Å². The molecular weight excluding hydrogens is 1480 g/mol. The first-order chi connectivity index (χ1) is 53.2. The predicted molar refractivity (Wildman–Crippen MR) is 412 cm³/mol. The number of benzene rings is 3. The molecule has 10 amide bonds.